The smallest absolute Gasteiger partial charge is 0.324 e. The van der Waals surface area contributed by atoms with Crippen LogP contribution in [0.4, 0.5) is 10.5 Å². The monoisotopic (exact) mass is 411 g/mol. The summed E-state index contributed by atoms with van der Waals surface area (Å²) in [5, 5.41) is 5.28. The highest BCUT2D eigenvalue weighted by atomic mass is 16.2. The molecular formula is C25H21N3O3. The van der Waals surface area contributed by atoms with Crippen molar-refractivity contribution in [2.75, 3.05) is 11.9 Å². The number of aryl methyl sites for hydroxylation is 1. The van der Waals surface area contributed by atoms with E-state index in [1.807, 2.05) is 73.7 Å². The fourth-order valence-electron chi connectivity index (χ4n) is 3.33. The number of anilines is 1. The van der Waals surface area contributed by atoms with Crippen molar-refractivity contribution in [1.29, 1.82) is 0 Å². The molecule has 0 unspecified atom stereocenters. The van der Waals surface area contributed by atoms with Crippen LogP contribution < -0.4 is 10.6 Å². The first-order valence-corrected chi connectivity index (χ1v) is 9.87. The molecule has 3 aromatic rings. The van der Waals surface area contributed by atoms with Crippen molar-refractivity contribution >= 4 is 29.6 Å². The molecule has 0 saturated carbocycles. The number of carbonyl (C=O) groups excluding carboxylic acids is 3. The zero-order chi connectivity index (χ0) is 21.8. The summed E-state index contributed by atoms with van der Waals surface area (Å²) in [6.45, 7) is 1.51. The average Bonchev–Trinajstić information content (AvgIpc) is 3.04. The molecule has 1 saturated heterocycles. The highest BCUT2D eigenvalue weighted by Gasteiger charge is 2.34. The normalized spacial score (nSPS) is 14.6. The van der Waals surface area contributed by atoms with E-state index in [9.17, 15) is 14.4 Å². The summed E-state index contributed by atoms with van der Waals surface area (Å²) in [6, 6.07) is 24.3. The Balaban J connectivity index is 1.44. The Hall–Kier alpha value is -4.19. The standard InChI is InChI=1S/C25H21N3O3/c1-17-7-5-6-10-21(17)26-23(29)16-28-24(30)22(27-25(28)31)15-18-11-13-20(14-12-18)19-8-3-2-4-9-19/h2-15H,16H2,1H3,(H,26,29)(H,27,31)/b22-15-. The van der Waals surface area contributed by atoms with E-state index in [1.54, 1.807) is 18.2 Å². The third-order valence-electron chi connectivity index (χ3n) is 5.01. The maximum atomic E-state index is 12.7. The Morgan fingerprint density at radius 1 is 0.903 bits per heavy atom. The number of imide groups is 1. The van der Waals surface area contributed by atoms with Gasteiger partial charge in [0.2, 0.25) is 5.91 Å². The minimum Gasteiger partial charge on any atom is -0.324 e. The van der Waals surface area contributed by atoms with Crippen molar-refractivity contribution in [2.45, 2.75) is 6.92 Å². The first kappa shape index (κ1) is 20.1. The molecule has 1 aliphatic heterocycles. The largest absolute Gasteiger partial charge is 0.329 e. The van der Waals surface area contributed by atoms with Crippen LogP contribution in [0, 0.1) is 6.92 Å². The minimum atomic E-state index is -0.614. The van der Waals surface area contributed by atoms with Gasteiger partial charge in [-0.15, -0.1) is 0 Å². The third kappa shape index (κ3) is 4.53. The number of urea groups is 1. The molecule has 0 atom stereocenters. The number of amides is 4. The molecular weight excluding hydrogens is 390 g/mol. The summed E-state index contributed by atoms with van der Waals surface area (Å²) in [5.74, 6) is -0.969. The lowest BCUT2D eigenvalue weighted by Gasteiger charge is -2.13. The average molecular weight is 411 g/mol. The molecule has 2 N–H and O–H groups in total. The van der Waals surface area contributed by atoms with Crippen molar-refractivity contribution < 1.29 is 14.4 Å². The molecule has 0 bridgehead atoms. The molecule has 6 heteroatoms. The van der Waals surface area contributed by atoms with Crippen LogP contribution in [0.15, 0.2) is 84.6 Å². The van der Waals surface area contributed by atoms with Gasteiger partial charge in [-0.1, -0.05) is 72.8 Å². The highest BCUT2D eigenvalue weighted by molar-refractivity contribution is 6.16. The maximum absolute atomic E-state index is 12.7. The Morgan fingerprint density at radius 3 is 2.26 bits per heavy atom. The van der Waals surface area contributed by atoms with Crippen LogP contribution in [-0.4, -0.2) is 29.3 Å². The van der Waals surface area contributed by atoms with Gasteiger partial charge in [-0.3, -0.25) is 9.59 Å². The van der Waals surface area contributed by atoms with Gasteiger partial charge < -0.3 is 10.6 Å². The Labute approximate surface area is 180 Å². The van der Waals surface area contributed by atoms with Crippen LogP contribution in [0.2, 0.25) is 0 Å². The van der Waals surface area contributed by atoms with E-state index in [0.717, 1.165) is 27.2 Å². The van der Waals surface area contributed by atoms with E-state index in [4.69, 9.17) is 0 Å². The molecule has 0 radical (unpaired) electrons. The number of nitrogens with zero attached hydrogens (tertiary/aromatic N) is 1. The SMILES string of the molecule is Cc1ccccc1NC(=O)CN1C(=O)N/C(=C\c2ccc(-c3ccccc3)cc2)C1=O. The van der Waals surface area contributed by atoms with E-state index >= 15 is 0 Å². The number of hydrogen-bond acceptors (Lipinski definition) is 3. The lowest BCUT2D eigenvalue weighted by molar-refractivity contribution is -0.127. The number of benzene rings is 3. The summed E-state index contributed by atoms with van der Waals surface area (Å²) < 4.78 is 0. The first-order chi connectivity index (χ1) is 15.0. The van der Waals surface area contributed by atoms with Gasteiger partial charge in [0.1, 0.15) is 12.2 Å². The molecule has 0 aromatic heterocycles. The van der Waals surface area contributed by atoms with Crippen LogP contribution >= 0.6 is 0 Å². The summed E-state index contributed by atoms with van der Waals surface area (Å²) in [7, 11) is 0. The van der Waals surface area contributed by atoms with E-state index in [2.05, 4.69) is 10.6 Å². The van der Waals surface area contributed by atoms with Crippen LogP contribution in [0.25, 0.3) is 17.2 Å². The zero-order valence-corrected chi connectivity index (χ0v) is 17.0. The van der Waals surface area contributed by atoms with E-state index in [-0.39, 0.29) is 12.2 Å². The molecule has 31 heavy (non-hydrogen) atoms. The van der Waals surface area contributed by atoms with Crippen LogP contribution in [0.1, 0.15) is 11.1 Å². The van der Waals surface area contributed by atoms with Gasteiger partial charge >= 0.3 is 6.03 Å². The predicted octanol–water partition coefficient (Wildman–Crippen LogP) is 4.19. The molecule has 1 aliphatic rings. The molecule has 0 spiro atoms. The predicted molar refractivity (Wildman–Crippen MR) is 120 cm³/mol. The van der Waals surface area contributed by atoms with Gasteiger partial charge in [0.25, 0.3) is 5.91 Å². The first-order valence-electron chi connectivity index (χ1n) is 9.87. The van der Waals surface area contributed by atoms with Gasteiger partial charge in [-0.2, -0.15) is 0 Å². The lowest BCUT2D eigenvalue weighted by atomic mass is 10.0. The number of nitrogens with one attached hydrogen (secondary N) is 2. The quantitative estimate of drug-likeness (QED) is 0.488. The molecule has 1 heterocycles. The van der Waals surface area contributed by atoms with Gasteiger partial charge in [0.05, 0.1) is 0 Å². The number of hydrogen-bond donors (Lipinski definition) is 2. The maximum Gasteiger partial charge on any atom is 0.329 e. The molecule has 0 aliphatic carbocycles. The Morgan fingerprint density at radius 2 is 1.55 bits per heavy atom. The van der Waals surface area contributed by atoms with Gasteiger partial charge in [0, 0.05) is 5.69 Å². The number of carbonyl (C=O) groups is 3. The zero-order valence-electron chi connectivity index (χ0n) is 17.0. The topological polar surface area (TPSA) is 78.5 Å². The molecule has 4 amide bonds. The third-order valence-corrected chi connectivity index (χ3v) is 5.01. The van der Waals surface area contributed by atoms with Crippen molar-refractivity contribution in [1.82, 2.24) is 10.2 Å². The summed E-state index contributed by atoms with van der Waals surface area (Å²) in [5.41, 5.74) is 4.61. The summed E-state index contributed by atoms with van der Waals surface area (Å²) >= 11 is 0. The lowest BCUT2D eigenvalue weighted by Crippen LogP contribution is -2.38. The fourth-order valence-corrected chi connectivity index (χ4v) is 3.33. The second-order valence-electron chi connectivity index (χ2n) is 7.23. The van der Waals surface area contributed by atoms with Crippen molar-refractivity contribution in [3.05, 3.63) is 95.7 Å². The van der Waals surface area contributed by atoms with E-state index in [0.29, 0.717) is 5.69 Å². The van der Waals surface area contributed by atoms with Gasteiger partial charge in [-0.25, -0.2) is 9.69 Å². The summed E-state index contributed by atoms with van der Waals surface area (Å²) in [4.78, 5) is 38.2. The van der Waals surface area contributed by atoms with Crippen molar-refractivity contribution in [2.24, 2.45) is 0 Å². The van der Waals surface area contributed by atoms with Gasteiger partial charge in [-0.05, 0) is 41.3 Å². The highest BCUT2D eigenvalue weighted by Crippen LogP contribution is 2.21. The van der Waals surface area contributed by atoms with E-state index < -0.39 is 17.8 Å². The van der Waals surface area contributed by atoms with E-state index in [1.165, 1.54) is 0 Å². The fraction of sp³-hybridized carbons (Fsp3) is 0.0800. The van der Waals surface area contributed by atoms with Crippen molar-refractivity contribution in [3.63, 3.8) is 0 Å². The molecule has 1 fully saturated rings. The molecule has 6 nitrogen and oxygen atoms in total. The molecule has 4 rings (SSSR count). The molecule has 3 aromatic carbocycles. The number of rotatable bonds is 5. The number of para-hydroxylation sites is 1. The van der Waals surface area contributed by atoms with Crippen LogP contribution in [0.5, 0.6) is 0 Å². The second-order valence-corrected chi connectivity index (χ2v) is 7.23. The Kier molecular flexibility index (Phi) is 5.62. The second kappa shape index (κ2) is 8.67. The van der Waals surface area contributed by atoms with Gasteiger partial charge in [0.15, 0.2) is 0 Å². The van der Waals surface area contributed by atoms with Crippen LogP contribution in [0.3, 0.4) is 0 Å². The molecule has 154 valence electrons. The summed E-state index contributed by atoms with van der Waals surface area (Å²) in [6.07, 6.45) is 1.61. The van der Waals surface area contributed by atoms with Crippen LogP contribution in [-0.2, 0) is 9.59 Å². The minimum absolute atomic E-state index is 0.140. The van der Waals surface area contributed by atoms with Crippen molar-refractivity contribution in [3.8, 4) is 11.1 Å². The Bertz CT molecular complexity index is 1170.